The average molecular weight is 745 g/mol. The lowest BCUT2D eigenvalue weighted by Crippen LogP contribution is -2.39. The number of hydrogen-bond donors (Lipinski definition) is 1. The van der Waals surface area contributed by atoms with E-state index in [0.717, 1.165) is 27.2 Å². The van der Waals surface area contributed by atoms with Crippen LogP contribution in [0.4, 0.5) is 11.6 Å². The highest BCUT2D eigenvalue weighted by Crippen LogP contribution is 2.27. The second-order valence-electron chi connectivity index (χ2n) is 11.1. The summed E-state index contributed by atoms with van der Waals surface area (Å²) in [5, 5.41) is -0.556. The number of primary amides is 1. The van der Waals surface area contributed by atoms with E-state index < -0.39 is 55.7 Å². The Balaban J connectivity index is 0.000000256. The number of nitrogens with two attached hydrogens (primary N) is 1. The summed E-state index contributed by atoms with van der Waals surface area (Å²) in [6.45, 7) is 7.27. The molecule has 0 radical (unpaired) electrons. The first kappa shape index (κ1) is 38.5. The molecule has 262 valence electrons. The number of aromatic nitrogens is 4. The van der Waals surface area contributed by atoms with E-state index in [0.29, 0.717) is 0 Å². The van der Waals surface area contributed by atoms with Gasteiger partial charge in [0.15, 0.2) is 17.3 Å². The Labute approximate surface area is 281 Å². The van der Waals surface area contributed by atoms with Gasteiger partial charge in [-0.3, -0.25) is 13.4 Å². The summed E-state index contributed by atoms with van der Waals surface area (Å²) in [6, 6.07) is 2.36. The van der Waals surface area contributed by atoms with Crippen LogP contribution in [0.1, 0.15) is 48.7 Å². The lowest BCUT2D eigenvalue weighted by Gasteiger charge is -2.25. The molecule has 0 aromatic carbocycles. The van der Waals surface area contributed by atoms with Gasteiger partial charge >= 0.3 is 5.97 Å². The minimum absolute atomic E-state index is 0.0454. The normalized spacial score (nSPS) is 20.2. The van der Waals surface area contributed by atoms with Crippen LogP contribution in [0.5, 0.6) is 0 Å². The maximum absolute atomic E-state index is 12.2. The fourth-order valence-corrected chi connectivity index (χ4v) is 6.37. The molecule has 1 amide bonds. The number of carbonyl (C=O) groups is 2. The van der Waals surface area contributed by atoms with Gasteiger partial charge in [-0.2, -0.15) is 9.97 Å². The molecule has 0 aliphatic carbocycles. The maximum atomic E-state index is 12.2. The van der Waals surface area contributed by atoms with Gasteiger partial charge in [-0.05, 0) is 50.9 Å². The molecule has 2 aromatic heterocycles. The van der Waals surface area contributed by atoms with E-state index in [-0.39, 0.29) is 59.9 Å². The monoisotopic (exact) mass is 743 g/mol. The lowest BCUT2D eigenvalue weighted by molar-refractivity contribution is -0.137. The van der Waals surface area contributed by atoms with Crippen molar-refractivity contribution in [2.45, 2.75) is 51.5 Å². The van der Waals surface area contributed by atoms with Gasteiger partial charge in [0, 0.05) is 12.1 Å². The second kappa shape index (κ2) is 14.6. The Morgan fingerprint density at radius 2 is 1.21 bits per heavy atom. The zero-order valence-electron chi connectivity index (χ0n) is 26.5. The number of hydrogen-bond acceptors (Lipinski definition) is 15. The molecule has 18 nitrogen and oxygen atoms in total. The van der Waals surface area contributed by atoms with Gasteiger partial charge in [0.05, 0.1) is 45.9 Å². The van der Waals surface area contributed by atoms with E-state index in [1.165, 1.54) is 13.2 Å². The minimum atomic E-state index is -3.71. The number of ether oxygens (including phenoxy) is 5. The summed E-state index contributed by atoms with van der Waals surface area (Å²) < 4.78 is 77.1. The number of nitrogens with zero attached hydrogens (tertiary/aromatic N) is 6. The SMILES string of the molecule is CC1(C)OCC(CN(c2cc(C(N)=O)nc(Cl)n2)S(C)(=O)=O)O1.COC(=O)c1cc(N(CC2COC(C)(C)O2)S(C)(=O)=O)nc(Cl)n1. The van der Waals surface area contributed by atoms with E-state index in [2.05, 4.69) is 24.7 Å². The van der Waals surface area contributed by atoms with Gasteiger partial charge < -0.3 is 29.4 Å². The second-order valence-corrected chi connectivity index (χ2v) is 15.6. The minimum Gasteiger partial charge on any atom is -0.464 e. The van der Waals surface area contributed by atoms with Crippen molar-refractivity contribution in [2.24, 2.45) is 5.73 Å². The van der Waals surface area contributed by atoms with Crippen LogP contribution >= 0.6 is 23.2 Å². The molecule has 4 rings (SSSR count). The third-order valence-corrected chi connectivity index (χ3v) is 8.81. The molecule has 4 heterocycles. The van der Waals surface area contributed by atoms with E-state index >= 15 is 0 Å². The van der Waals surface area contributed by atoms with Crippen LogP contribution in [0.2, 0.25) is 10.6 Å². The Morgan fingerprint density at radius 3 is 1.53 bits per heavy atom. The van der Waals surface area contributed by atoms with Crippen LogP contribution < -0.4 is 14.3 Å². The summed E-state index contributed by atoms with van der Waals surface area (Å²) in [5.74, 6) is -3.30. The number of carbonyl (C=O) groups excluding carboxylic acids is 2. The predicted molar refractivity (Wildman–Crippen MR) is 168 cm³/mol. The standard InChI is InChI=1S/C13H18ClN3O6S.C12H17ClN4O5S/c1-13(2)22-7-8(23-13)6-17(24(4,19)20)10-5-9(11(18)21-3)15-12(14)16-10;1-12(2)21-6-7(22-12)5-17(23(3,19)20)9-4-8(10(14)18)15-11(13)16-9/h5,8H,6-7H2,1-4H3;4,7H,5-6H2,1-3H3,(H2,14,18). The Hall–Kier alpha value is -2.98. The van der Waals surface area contributed by atoms with Crippen molar-refractivity contribution >= 4 is 66.8 Å². The molecule has 0 saturated carbocycles. The topological polar surface area (TPSA) is 233 Å². The maximum Gasteiger partial charge on any atom is 0.356 e. The fourth-order valence-electron chi connectivity index (χ4n) is 4.28. The average Bonchev–Trinajstić information content (AvgIpc) is 3.47. The molecule has 2 N–H and O–H groups in total. The van der Waals surface area contributed by atoms with Crippen molar-refractivity contribution in [1.29, 1.82) is 0 Å². The van der Waals surface area contributed by atoms with Crippen molar-refractivity contribution in [3.8, 4) is 0 Å². The Morgan fingerprint density at radius 1 is 0.830 bits per heavy atom. The first-order chi connectivity index (χ1) is 21.5. The molecule has 0 spiro atoms. The number of rotatable bonds is 10. The number of amides is 1. The van der Waals surface area contributed by atoms with Crippen LogP contribution in [0.3, 0.4) is 0 Å². The molecule has 2 saturated heterocycles. The molecule has 22 heteroatoms. The van der Waals surface area contributed by atoms with Crippen molar-refractivity contribution in [1.82, 2.24) is 19.9 Å². The molecular weight excluding hydrogens is 709 g/mol. The number of anilines is 2. The van der Waals surface area contributed by atoms with Gasteiger partial charge in [0.1, 0.15) is 29.5 Å². The molecule has 2 atom stereocenters. The third kappa shape index (κ3) is 11.0. The summed E-state index contributed by atoms with van der Waals surface area (Å²) in [6.07, 6.45) is 1.03. The van der Waals surface area contributed by atoms with E-state index in [4.69, 9.17) is 47.9 Å². The summed E-state index contributed by atoms with van der Waals surface area (Å²) >= 11 is 11.5. The Bertz CT molecular complexity index is 1710. The summed E-state index contributed by atoms with van der Waals surface area (Å²) in [7, 11) is -6.24. The molecule has 0 bridgehead atoms. The lowest BCUT2D eigenvalue weighted by atomic mass is 10.3. The Kier molecular flexibility index (Phi) is 12.0. The van der Waals surface area contributed by atoms with Crippen molar-refractivity contribution in [3.63, 3.8) is 0 Å². The van der Waals surface area contributed by atoms with Gasteiger partial charge in [0.2, 0.25) is 30.6 Å². The summed E-state index contributed by atoms with van der Waals surface area (Å²) in [5.41, 5.74) is 4.83. The van der Waals surface area contributed by atoms with Gasteiger partial charge in [-0.25, -0.2) is 31.6 Å². The molecule has 2 aromatic rings. The van der Waals surface area contributed by atoms with Crippen molar-refractivity contribution in [2.75, 3.05) is 54.5 Å². The zero-order chi connectivity index (χ0) is 35.5. The third-order valence-electron chi connectivity index (χ3n) is 6.20. The largest absolute Gasteiger partial charge is 0.464 e. The zero-order valence-corrected chi connectivity index (χ0v) is 29.6. The first-order valence-electron chi connectivity index (χ1n) is 13.6. The number of esters is 1. The van der Waals surface area contributed by atoms with E-state index in [9.17, 15) is 26.4 Å². The van der Waals surface area contributed by atoms with Gasteiger partial charge in [-0.1, -0.05) is 0 Å². The van der Waals surface area contributed by atoms with Crippen molar-refractivity contribution in [3.05, 3.63) is 34.1 Å². The van der Waals surface area contributed by atoms with Crippen LogP contribution in [0.15, 0.2) is 12.1 Å². The van der Waals surface area contributed by atoms with Crippen LogP contribution in [-0.2, 0) is 43.7 Å². The van der Waals surface area contributed by atoms with Crippen LogP contribution in [0, 0.1) is 0 Å². The predicted octanol–water partition coefficient (Wildman–Crippen LogP) is 0.981. The number of sulfonamides is 2. The molecule has 2 fully saturated rings. The molecule has 2 unspecified atom stereocenters. The highest BCUT2D eigenvalue weighted by atomic mass is 35.5. The quantitative estimate of drug-likeness (QED) is 0.264. The molecule has 47 heavy (non-hydrogen) atoms. The smallest absolute Gasteiger partial charge is 0.356 e. The number of methoxy groups -OCH3 is 1. The summed E-state index contributed by atoms with van der Waals surface area (Å²) in [4.78, 5) is 38.0. The van der Waals surface area contributed by atoms with Crippen LogP contribution in [0.25, 0.3) is 0 Å². The first-order valence-corrected chi connectivity index (χ1v) is 18.0. The van der Waals surface area contributed by atoms with Gasteiger partial charge in [-0.15, -0.1) is 0 Å². The highest BCUT2D eigenvalue weighted by molar-refractivity contribution is 7.92. The van der Waals surface area contributed by atoms with Crippen molar-refractivity contribution < 1.29 is 50.1 Å². The number of halogens is 2. The van der Waals surface area contributed by atoms with Crippen LogP contribution in [-0.4, -0.2) is 118 Å². The molecular formula is C25H35Cl2N7O11S2. The van der Waals surface area contributed by atoms with E-state index in [1.807, 2.05) is 0 Å². The van der Waals surface area contributed by atoms with Gasteiger partial charge in [0.25, 0.3) is 5.91 Å². The van der Waals surface area contributed by atoms with E-state index in [1.54, 1.807) is 27.7 Å². The molecule has 2 aliphatic rings. The highest BCUT2D eigenvalue weighted by Gasteiger charge is 2.37. The molecule has 2 aliphatic heterocycles. The fraction of sp³-hybridized carbons (Fsp3) is 0.600.